The highest BCUT2D eigenvalue weighted by Crippen LogP contribution is 2.44. The molecular formula is C22H35NO2S2. The van der Waals surface area contributed by atoms with Crippen molar-refractivity contribution >= 4 is 33.5 Å². The van der Waals surface area contributed by atoms with E-state index in [-0.39, 0.29) is 11.3 Å². The van der Waals surface area contributed by atoms with Crippen LogP contribution in [0.5, 0.6) is 0 Å². The van der Waals surface area contributed by atoms with E-state index in [4.69, 9.17) is 4.18 Å². The van der Waals surface area contributed by atoms with Crippen LogP contribution in [0, 0.1) is 11.3 Å². The molecule has 1 aliphatic rings. The van der Waals surface area contributed by atoms with Crippen molar-refractivity contribution in [2.24, 2.45) is 11.3 Å². The van der Waals surface area contributed by atoms with Crippen molar-refractivity contribution in [1.29, 1.82) is 0 Å². The lowest BCUT2D eigenvalue weighted by atomic mass is 9.67. The molecule has 0 aliphatic heterocycles. The molecule has 1 aromatic carbocycles. The molecule has 1 saturated carbocycles. The molecule has 1 aromatic rings. The summed E-state index contributed by atoms with van der Waals surface area (Å²) in [5, 5.41) is 3.29. The van der Waals surface area contributed by atoms with Crippen LogP contribution in [0.4, 0.5) is 5.69 Å². The summed E-state index contributed by atoms with van der Waals surface area (Å²) in [6.45, 7) is 7.34. The van der Waals surface area contributed by atoms with Crippen molar-refractivity contribution < 1.29 is 8.98 Å². The zero-order chi connectivity index (χ0) is 19.5. The van der Waals surface area contributed by atoms with Crippen molar-refractivity contribution in [2.75, 3.05) is 11.9 Å². The molecule has 0 radical (unpaired) electrons. The van der Waals surface area contributed by atoms with E-state index in [1.54, 1.807) is 10.8 Å². The molecule has 1 N–H and O–H groups in total. The van der Waals surface area contributed by atoms with Crippen LogP contribution in [0.3, 0.4) is 0 Å². The van der Waals surface area contributed by atoms with E-state index in [9.17, 15) is 4.79 Å². The van der Waals surface area contributed by atoms with Gasteiger partial charge < -0.3 is 9.50 Å². The molecule has 27 heavy (non-hydrogen) atoms. The number of nitrogens with one attached hydrogen (secondary N) is 1. The van der Waals surface area contributed by atoms with Gasteiger partial charge in [-0.25, -0.2) is 0 Å². The molecule has 5 heteroatoms. The standard InChI is InChI=1S/C22H35NO2S2/c1-4-16-25-27-26-20-13-9-8-12-19(20)23-21(24)22(14-10-7-11-15-22)17-18(5-2)6-3/h8-9,12-13,18H,4-7,10-11,14-17H2,1-3H3,(H,23,24). The van der Waals surface area contributed by atoms with Gasteiger partial charge in [0.05, 0.1) is 23.4 Å². The Morgan fingerprint density at radius 3 is 2.52 bits per heavy atom. The first-order valence-electron chi connectivity index (χ1n) is 10.5. The predicted octanol–water partition coefficient (Wildman–Crippen LogP) is 7.48. The van der Waals surface area contributed by atoms with Gasteiger partial charge in [-0.05, 0) is 54.5 Å². The summed E-state index contributed by atoms with van der Waals surface area (Å²) in [7, 11) is 1.58. The smallest absolute Gasteiger partial charge is 0.230 e. The number of carbonyl (C=O) groups excluding carboxylic acids is 1. The summed E-state index contributed by atoms with van der Waals surface area (Å²) < 4.78 is 5.53. The Labute approximate surface area is 173 Å². The van der Waals surface area contributed by atoms with Gasteiger partial charge in [0.15, 0.2) is 0 Å². The topological polar surface area (TPSA) is 38.3 Å². The first kappa shape index (κ1) is 22.6. The number of anilines is 1. The zero-order valence-corrected chi connectivity index (χ0v) is 18.7. The SMILES string of the molecule is CCCOSSc1ccccc1NC(=O)C1(CC(CC)CC)CCCCC1. The Balaban J connectivity index is 2.10. The molecule has 0 spiro atoms. The summed E-state index contributed by atoms with van der Waals surface area (Å²) in [5.74, 6) is 0.859. The quantitative estimate of drug-likeness (QED) is 0.233. The number of rotatable bonds is 11. The van der Waals surface area contributed by atoms with Crippen LogP contribution in [0.25, 0.3) is 0 Å². The fourth-order valence-electron chi connectivity index (χ4n) is 3.96. The minimum atomic E-state index is -0.196. The van der Waals surface area contributed by atoms with Gasteiger partial charge in [0.1, 0.15) is 0 Å². The van der Waals surface area contributed by atoms with E-state index in [0.717, 1.165) is 55.7 Å². The maximum Gasteiger partial charge on any atom is 0.230 e. The highest BCUT2D eigenvalue weighted by molar-refractivity contribution is 8.74. The molecule has 3 nitrogen and oxygen atoms in total. The van der Waals surface area contributed by atoms with E-state index in [2.05, 4.69) is 32.2 Å². The number of benzene rings is 1. The molecule has 0 unspecified atom stereocenters. The van der Waals surface area contributed by atoms with E-state index in [1.807, 2.05) is 18.2 Å². The third-order valence-corrected chi connectivity index (χ3v) is 7.62. The fourth-order valence-corrected chi connectivity index (χ4v) is 5.66. The number of hydrogen-bond donors (Lipinski definition) is 1. The first-order valence-corrected chi connectivity index (χ1v) is 12.6. The minimum Gasteiger partial charge on any atom is -0.325 e. The number of carbonyl (C=O) groups is 1. The molecular weight excluding hydrogens is 374 g/mol. The van der Waals surface area contributed by atoms with Gasteiger partial charge in [0, 0.05) is 10.3 Å². The first-order chi connectivity index (χ1) is 13.1. The van der Waals surface area contributed by atoms with E-state index in [1.165, 1.54) is 30.3 Å². The zero-order valence-electron chi connectivity index (χ0n) is 17.1. The Hall–Kier alpha value is -0.650. The molecule has 0 aromatic heterocycles. The van der Waals surface area contributed by atoms with Crippen molar-refractivity contribution in [3.8, 4) is 0 Å². The van der Waals surface area contributed by atoms with Gasteiger partial charge >= 0.3 is 0 Å². The van der Waals surface area contributed by atoms with Crippen LogP contribution >= 0.6 is 21.9 Å². The van der Waals surface area contributed by atoms with Crippen molar-refractivity contribution in [2.45, 2.75) is 83.5 Å². The highest BCUT2D eigenvalue weighted by atomic mass is 33.1. The highest BCUT2D eigenvalue weighted by Gasteiger charge is 2.40. The second-order valence-electron chi connectivity index (χ2n) is 7.65. The van der Waals surface area contributed by atoms with Crippen LogP contribution in [0.2, 0.25) is 0 Å². The van der Waals surface area contributed by atoms with Gasteiger partial charge in [0.2, 0.25) is 5.91 Å². The van der Waals surface area contributed by atoms with Crippen LogP contribution in [0.1, 0.15) is 78.6 Å². The summed E-state index contributed by atoms with van der Waals surface area (Å²) >= 11 is 1.39. The average Bonchev–Trinajstić information content (AvgIpc) is 2.71. The Kier molecular flexibility index (Phi) is 10.1. The molecule has 0 heterocycles. The van der Waals surface area contributed by atoms with E-state index < -0.39 is 0 Å². The average molecular weight is 410 g/mol. The molecule has 0 saturated heterocycles. The number of hydrogen-bond acceptors (Lipinski definition) is 4. The Morgan fingerprint density at radius 2 is 1.85 bits per heavy atom. The van der Waals surface area contributed by atoms with Crippen LogP contribution in [0.15, 0.2) is 29.2 Å². The largest absolute Gasteiger partial charge is 0.325 e. The predicted molar refractivity (Wildman–Crippen MR) is 119 cm³/mol. The lowest BCUT2D eigenvalue weighted by Crippen LogP contribution is -2.39. The van der Waals surface area contributed by atoms with Crippen molar-refractivity contribution in [3.63, 3.8) is 0 Å². The van der Waals surface area contributed by atoms with Gasteiger partial charge in [-0.2, -0.15) is 0 Å². The van der Waals surface area contributed by atoms with Crippen LogP contribution in [-0.2, 0) is 8.98 Å². The van der Waals surface area contributed by atoms with Crippen LogP contribution < -0.4 is 5.32 Å². The van der Waals surface area contributed by atoms with Gasteiger partial charge in [-0.3, -0.25) is 4.79 Å². The van der Waals surface area contributed by atoms with Gasteiger partial charge in [-0.1, -0.05) is 65.0 Å². The Bertz CT molecular complexity index is 569. The van der Waals surface area contributed by atoms with Gasteiger partial charge in [-0.15, -0.1) is 0 Å². The monoisotopic (exact) mass is 409 g/mol. The second-order valence-corrected chi connectivity index (χ2v) is 9.54. The van der Waals surface area contributed by atoms with Gasteiger partial charge in [0.25, 0.3) is 0 Å². The molecule has 152 valence electrons. The minimum absolute atomic E-state index is 0.196. The Morgan fingerprint density at radius 1 is 1.15 bits per heavy atom. The fraction of sp³-hybridized carbons (Fsp3) is 0.682. The number of amides is 1. The maximum absolute atomic E-state index is 13.4. The molecule has 0 atom stereocenters. The molecule has 1 amide bonds. The van der Waals surface area contributed by atoms with E-state index >= 15 is 0 Å². The lowest BCUT2D eigenvalue weighted by Gasteiger charge is -2.38. The normalized spacial score (nSPS) is 16.4. The van der Waals surface area contributed by atoms with Crippen molar-refractivity contribution in [1.82, 2.24) is 0 Å². The summed E-state index contributed by atoms with van der Waals surface area (Å²) in [6, 6.07) is 8.07. The van der Waals surface area contributed by atoms with Crippen LogP contribution in [-0.4, -0.2) is 12.5 Å². The summed E-state index contributed by atoms with van der Waals surface area (Å²) in [5.41, 5.74) is 0.716. The van der Waals surface area contributed by atoms with Crippen molar-refractivity contribution in [3.05, 3.63) is 24.3 Å². The molecule has 2 rings (SSSR count). The summed E-state index contributed by atoms with van der Waals surface area (Å²) in [6.07, 6.45) is 10.00. The molecule has 0 bridgehead atoms. The molecule has 1 fully saturated rings. The maximum atomic E-state index is 13.4. The second kappa shape index (κ2) is 12.0. The third-order valence-electron chi connectivity index (χ3n) is 5.72. The number of para-hydroxylation sites is 1. The van der Waals surface area contributed by atoms with E-state index in [0.29, 0.717) is 5.92 Å². The lowest BCUT2D eigenvalue weighted by molar-refractivity contribution is -0.128. The molecule has 1 aliphatic carbocycles. The summed E-state index contributed by atoms with van der Waals surface area (Å²) in [4.78, 5) is 14.5. The third kappa shape index (κ3) is 6.72.